The molecule has 0 N–H and O–H groups in total. The van der Waals surface area contributed by atoms with Crippen molar-refractivity contribution in [3.8, 4) is 17.9 Å². The van der Waals surface area contributed by atoms with E-state index < -0.39 is 22.4 Å². The van der Waals surface area contributed by atoms with Gasteiger partial charge in [0.05, 0.1) is 34.3 Å². The van der Waals surface area contributed by atoms with Gasteiger partial charge < -0.3 is 9.64 Å². The highest BCUT2D eigenvalue weighted by atomic mass is 16.6. The van der Waals surface area contributed by atoms with Crippen LogP contribution in [0.3, 0.4) is 0 Å². The summed E-state index contributed by atoms with van der Waals surface area (Å²) in [5, 5.41) is 30.7. The van der Waals surface area contributed by atoms with Crippen LogP contribution in [0, 0.1) is 32.8 Å². The number of methoxy groups -OCH3 is 1. The summed E-state index contributed by atoms with van der Waals surface area (Å²) in [4.78, 5) is 39.5. The molecule has 3 aromatic carbocycles. The first-order valence-electron chi connectivity index (χ1n) is 9.89. The van der Waals surface area contributed by atoms with Crippen LogP contribution in [0.5, 0.6) is 5.75 Å². The molecule has 0 saturated carbocycles. The average molecular weight is 453 g/mol. The lowest BCUT2D eigenvalue weighted by Crippen LogP contribution is -2.39. The second-order valence-electron chi connectivity index (χ2n) is 7.22. The summed E-state index contributed by atoms with van der Waals surface area (Å²) >= 11 is 0. The number of carbonyl (C=O) groups is 2. The first-order valence-corrected chi connectivity index (χ1v) is 9.89. The van der Waals surface area contributed by atoms with Crippen LogP contribution in [-0.4, -0.2) is 35.4 Å². The van der Waals surface area contributed by atoms with Crippen molar-refractivity contribution in [2.24, 2.45) is 0 Å². The number of imide groups is 1. The minimum atomic E-state index is -0.684. The monoisotopic (exact) mass is 453 g/mol. The number of benzene rings is 3. The minimum absolute atomic E-state index is 0.0535. The summed E-state index contributed by atoms with van der Waals surface area (Å²) < 4.78 is 5.17. The average Bonchev–Trinajstić information content (AvgIpc) is 3.11. The van der Waals surface area contributed by atoms with Crippen LogP contribution in [0.4, 0.5) is 17.1 Å². The van der Waals surface area contributed by atoms with Crippen LogP contribution >= 0.6 is 0 Å². The summed E-state index contributed by atoms with van der Waals surface area (Å²) in [6, 6.07) is 18.6. The molecule has 0 spiro atoms. The molecule has 0 unspecified atom stereocenters. The highest BCUT2D eigenvalue weighted by molar-refractivity contribution is 6.21. The molecule has 0 atom stereocenters. The van der Waals surface area contributed by atoms with Crippen LogP contribution in [-0.2, 0) is 0 Å². The maximum atomic E-state index is 13.0. The van der Waals surface area contributed by atoms with E-state index in [1.54, 1.807) is 42.5 Å². The first-order chi connectivity index (χ1) is 16.4. The van der Waals surface area contributed by atoms with Crippen molar-refractivity contribution in [2.45, 2.75) is 0 Å². The molecular weight excluding hydrogens is 438 g/mol. The van der Waals surface area contributed by atoms with Crippen molar-refractivity contribution < 1.29 is 19.2 Å². The van der Waals surface area contributed by atoms with Gasteiger partial charge in [-0.05, 0) is 42.5 Å². The van der Waals surface area contributed by atoms with Gasteiger partial charge in [0, 0.05) is 11.8 Å². The summed E-state index contributed by atoms with van der Waals surface area (Å²) in [7, 11) is 1.48. The van der Waals surface area contributed by atoms with Crippen LogP contribution in [0.25, 0.3) is 0 Å². The SMILES string of the molecule is COc1ccc(N(CN2C(=O)c3ccccc3C2=O)c2cc(C#N)c(C#N)cc2[N+](=O)[O-])cc1. The van der Waals surface area contributed by atoms with E-state index in [9.17, 15) is 30.2 Å². The molecule has 0 aliphatic carbocycles. The Kier molecular flexibility index (Phi) is 5.64. The molecule has 34 heavy (non-hydrogen) atoms. The molecule has 2 amide bonds. The smallest absolute Gasteiger partial charge is 0.294 e. The number of amides is 2. The van der Waals surface area contributed by atoms with E-state index in [-0.39, 0.29) is 34.6 Å². The zero-order valence-electron chi connectivity index (χ0n) is 17.8. The number of nitriles is 2. The van der Waals surface area contributed by atoms with Gasteiger partial charge in [-0.1, -0.05) is 12.1 Å². The zero-order valence-corrected chi connectivity index (χ0v) is 17.8. The molecule has 0 fully saturated rings. The Labute approximate surface area is 193 Å². The number of nitro benzene ring substituents is 1. The maximum absolute atomic E-state index is 13.0. The number of hydrogen-bond acceptors (Lipinski definition) is 8. The van der Waals surface area contributed by atoms with Gasteiger partial charge in [-0.3, -0.25) is 24.6 Å². The zero-order chi connectivity index (χ0) is 24.4. The molecule has 10 heteroatoms. The molecule has 10 nitrogen and oxygen atoms in total. The van der Waals surface area contributed by atoms with E-state index >= 15 is 0 Å². The Morgan fingerprint density at radius 1 is 0.971 bits per heavy atom. The second-order valence-corrected chi connectivity index (χ2v) is 7.22. The molecular formula is C24H15N5O5. The van der Waals surface area contributed by atoms with E-state index in [4.69, 9.17) is 4.74 Å². The van der Waals surface area contributed by atoms with E-state index in [2.05, 4.69) is 0 Å². The molecule has 166 valence electrons. The van der Waals surface area contributed by atoms with Crippen molar-refractivity contribution in [3.63, 3.8) is 0 Å². The number of rotatable bonds is 6. The fourth-order valence-electron chi connectivity index (χ4n) is 3.69. The van der Waals surface area contributed by atoms with E-state index in [0.717, 1.165) is 11.0 Å². The van der Waals surface area contributed by atoms with E-state index in [1.807, 2.05) is 6.07 Å². The fraction of sp³-hybridized carbons (Fsp3) is 0.0833. The third-order valence-corrected chi connectivity index (χ3v) is 5.39. The molecule has 1 heterocycles. The number of anilines is 2. The van der Waals surface area contributed by atoms with Gasteiger partial charge in [-0.2, -0.15) is 10.5 Å². The Hall–Kier alpha value is -5.22. The molecule has 3 aromatic rings. The number of hydrogen-bond donors (Lipinski definition) is 0. The van der Waals surface area contributed by atoms with Gasteiger partial charge in [-0.15, -0.1) is 0 Å². The van der Waals surface area contributed by atoms with Crippen molar-refractivity contribution in [1.82, 2.24) is 4.90 Å². The number of carbonyl (C=O) groups excluding carboxylic acids is 2. The number of nitro groups is 1. The topological polar surface area (TPSA) is 141 Å². The van der Waals surface area contributed by atoms with Gasteiger partial charge in [0.1, 0.15) is 30.2 Å². The number of nitrogens with zero attached hydrogens (tertiary/aromatic N) is 5. The van der Waals surface area contributed by atoms with E-state index in [1.165, 1.54) is 30.2 Å². The fourth-order valence-corrected chi connectivity index (χ4v) is 3.69. The first kappa shape index (κ1) is 22.0. The van der Waals surface area contributed by atoms with Crippen molar-refractivity contribution in [2.75, 3.05) is 18.7 Å². The molecule has 0 aromatic heterocycles. The summed E-state index contributed by atoms with van der Waals surface area (Å²) in [5.41, 5.74) is 0.111. The molecule has 4 rings (SSSR count). The van der Waals surface area contributed by atoms with Crippen molar-refractivity contribution >= 4 is 28.9 Å². The third-order valence-electron chi connectivity index (χ3n) is 5.39. The third kappa shape index (κ3) is 3.66. The molecule has 0 saturated heterocycles. The molecule has 1 aliphatic rings. The standard InChI is InChI=1S/C24H15N5O5/c1-34-18-8-6-17(7-9-18)27(14-28-23(30)19-4-2-3-5-20(19)24(28)31)21-10-15(12-25)16(13-26)11-22(21)29(32)33/h2-11H,14H2,1H3. The molecule has 0 radical (unpaired) electrons. The number of ether oxygens (including phenoxy) is 1. The summed E-state index contributed by atoms with van der Waals surface area (Å²) in [6.45, 7) is -0.365. The Morgan fingerprint density at radius 2 is 1.53 bits per heavy atom. The largest absolute Gasteiger partial charge is 0.497 e. The highest BCUT2D eigenvalue weighted by Crippen LogP contribution is 2.37. The quantitative estimate of drug-likeness (QED) is 0.312. The molecule has 0 bridgehead atoms. The predicted molar refractivity (Wildman–Crippen MR) is 119 cm³/mol. The Morgan fingerprint density at radius 3 is 2.03 bits per heavy atom. The highest BCUT2D eigenvalue weighted by Gasteiger charge is 2.37. The second kappa shape index (κ2) is 8.73. The lowest BCUT2D eigenvalue weighted by atomic mass is 10.1. The predicted octanol–water partition coefficient (Wildman–Crippen LogP) is 3.74. The van der Waals surface area contributed by atoms with Gasteiger partial charge >= 0.3 is 0 Å². The normalized spacial score (nSPS) is 12.0. The lowest BCUT2D eigenvalue weighted by molar-refractivity contribution is -0.384. The maximum Gasteiger partial charge on any atom is 0.294 e. The lowest BCUT2D eigenvalue weighted by Gasteiger charge is -2.29. The van der Waals surface area contributed by atoms with Gasteiger partial charge in [0.25, 0.3) is 17.5 Å². The van der Waals surface area contributed by atoms with E-state index in [0.29, 0.717) is 11.4 Å². The summed E-state index contributed by atoms with van der Waals surface area (Å²) in [5.74, 6) is -0.566. The Bertz CT molecular complexity index is 1380. The van der Waals surface area contributed by atoms with Crippen molar-refractivity contribution in [1.29, 1.82) is 10.5 Å². The van der Waals surface area contributed by atoms with Crippen LogP contribution in [0.1, 0.15) is 31.8 Å². The van der Waals surface area contributed by atoms with Gasteiger partial charge in [0.15, 0.2) is 0 Å². The molecule has 1 aliphatic heterocycles. The van der Waals surface area contributed by atoms with Crippen molar-refractivity contribution in [3.05, 3.63) is 93.0 Å². The summed E-state index contributed by atoms with van der Waals surface area (Å²) in [6.07, 6.45) is 0. The van der Waals surface area contributed by atoms with Crippen LogP contribution < -0.4 is 9.64 Å². The van der Waals surface area contributed by atoms with Gasteiger partial charge in [0.2, 0.25) is 0 Å². The van der Waals surface area contributed by atoms with Crippen LogP contribution in [0.15, 0.2) is 60.7 Å². The van der Waals surface area contributed by atoms with Gasteiger partial charge in [-0.25, -0.2) is 0 Å². The number of fused-ring (bicyclic) bond motifs is 1. The van der Waals surface area contributed by atoms with Crippen LogP contribution in [0.2, 0.25) is 0 Å². The Balaban J connectivity index is 1.88. The minimum Gasteiger partial charge on any atom is -0.497 e.